The van der Waals surface area contributed by atoms with E-state index < -0.39 is 11.6 Å². The predicted octanol–water partition coefficient (Wildman–Crippen LogP) is 3.15. The van der Waals surface area contributed by atoms with E-state index in [1.165, 1.54) is 0 Å². The molecule has 0 saturated heterocycles. The van der Waals surface area contributed by atoms with Gasteiger partial charge in [0.2, 0.25) is 0 Å². The van der Waals surface area contributed by atoms with Crippen LogP contribution in [-0.4, -0.2) is 0 Å². The van der Waals surface area contributed by atoms with Gasteiger partial charge in [-0.25, -0.2) is 8.78 Å². The number of benzene rings is 1. The highest BCUT2D eigenvalue weighted by atomic mass is 32.1. The Bertz CT molecular complexity index is 584. The van der Waals surface area contributed by atoms with Gasteiger partial charge in [-0.15, -0.1) is 11.3 Å². The standard InChI is InChI=1S/C11H6F2N2S/c12-6-1-2-10(13)7(3-6)9-5-16-11(15)8(9)4-14/h1-3,5H,15H2. The Hall–Kier alpha value is -1.93. The molecule has 1 heterocycles. The first kappa shape index (κ1) is 10.6. The van der Waals surface area contributed by atoms with Crippen molar-refractivity contribution in [1.29, 1.82) is 5.26 Å². The molecule has 2 N–H and O–H groups in total. The summed E-state index contributed by atoms with van der Waals surface area (Å²) < 4.78 is 26.5. The van der Waals surface area contributed by atoms with E-state index in [1.807, 2.05) is 6.07 Å². The summed E-state index contributed by atoms with van der Waals surface area (Å²) in [7, 11) is 0. The van der Waals surface area contributed by atoms with Crippen LogP contribution in [0.1, 0.15) is 5.56 Å². The van der Waals surface area contributed by atoms with Crippen molar-refractivity contribution in [2.45, 2.75) is 0 Å². The minimum absolute atomic E-state index is 0.0597. The first-order valence-electron chi connectivity index (χ1n) is 4.36. The van der Waals surface area contributed by atoms with Crippen molar-refractivity contribution in [3.63, 3.8) is 0 Å². The molecule has 0 aliphatic rings. The van der Waals surface area contributed by atoms with E-state index in [-0.39, 0.29) is 11.1 Å². The molecule has 0 aliphatic heterocycles. The topological polar surface area (TPSA) is 49.8 Å². The molecule has 2 rings (SSSR count). The maximum atomic E-state index is 13.5. The van der Waals surface area contributed by atoms with Crippen molar-refractivity contribution < 1.29 is 8.78 Å². The molecule has 0 saturated carbocycles. The lowest BCUT2D eigenvalue weighted by Crippen LogP contribution is -1.89. The zero-order valence-electron chi connectivity index (χ0n) is 8.00. The normalized spacial score (nSPS) is 10.1. The molecule has 2 aromatic rings. The molecule has 0 amide bonds. The number of nitrogen functional groups attached to an aromatic ring is 1. The maximum Gasteiger partial charge on any atom is 0.131 e. The highest BCUT2D eigenvalue weighted by Gasteiger charge is 2.14. The SMILES string of the molecule is N#Cc1c(-c2cc(F)ccc2F)csc1N. The van der Waals surface area contributed by atoms with E-state index in [4.69, 9.17) is 11.0 Å². The van der Waals surface area contributed by atoms with Crippen LogP contribution in [0.2, 0.25) is 0 Å². The third-order valence-electron chi connectivity index (χ3n) is 2.15. The number of nitrogens with zero attached hydrogens (tertiary/aromatic N) is 1. The van der Waals surface area contributed by atoms with Gasteiger partial charge in [0.25, 0.3) is 0 Å². The molecule has 5 heteroatoms. The fraction of sp³-hybridized carbons (Fsp3) is 0. The number of anilines is 1. The smallest absolute Gasteiger partial charge is 0.131 e. The highest BCUT2D eigenvalue weighted by molar-refractivity contribution is 7.14. The number of rotatable bonds is 1. The first-order valence-corrected chi connectivity index (χ1v) is 5.24. The first-order chi connectivity index (χ1) is 7.63. The summed E-state index contributed by atoms with van der Waals surface area (Å²) in [5.41, 5.74) is 6.14. The molecule has 80 valence electrons. The second-order valence-electron chi connectivity index (χ2n) is 3.12. The Morgan fingerprint density at radius 2 is 2.00 bits per heavy atom. The summed E-state index contributed by atoms with van der Waals surface area (Å²) in [4.78, 5) is 0. The number of halogens is 2. The van der Waals surface area contributed by atoms with Gasteiger partial charge in [-0.1, -0.05) is 0 Å². The van der Waals surface area contributed by atoms with Crippen molar-refractivity contribution in [2.24, 2.45) is 0 Å². The lowest BCUT2D eigenvalue weighted by atomic mass is 10.0. The molecular formula is C11H6F2N2S. The minimum Gasteiger partial charge on any atom is -0.389 e. The van der Waals surface area contributed by atoms with E-state index >= 15 is 0 Å². The van der Waals surface area contributed by atoms with Gasteiger partial charge in [0.1, 0.15) is 22.7 Å². The second-order valence-corrected chi connectivity index (χ2v) is 4.04. The number of nitriles is 1. The Kier molecular flexibility index (Phi) is 2.59. The van der Waals surface area contributed by atoms with E-state index in [0.29, 0.717) is 10.6 Å². The third kappa shape index (κ3) is 1.64. The Morgan fingerprint density at radius 1 is 1.25 bits per heavy atom. The molecule has 0 fully saturated rings. The van der Waals surface area contributed by atoms with Crippen molar-refractivity contribution in [2.75, 3.05) is 5.73 Å². The minimum atomic E-state index is -0.573. The molecule has 1 aromatic carbocycles. The molecule has 0 aliphatic carbocycles. The molecule has 2 nitrogen and oxygen atoms in total. The fourth-order valence-corrected chi connectivity index (χ4v) is 2.15. The Morgan fingerprint density at radius 3 is 2.69 bits per heavy atom. The molecule has 16 heavy (non-hydrogen) atoms. The molecular weight excluding hydrogens is 230 g/mol. The van der Waals surface area contributed by atoms with E-state index in [1.54, 1.807) is 5.38 Å². The Balaban J connectivity index is 2.68. The molecule has 0 bridgehead atoms. The number of hydrogen-bond donors (Lipinski definition) is 1. The maximum absolute atomic E-state index is 13.5. The second kappa shape index (κ2) is 3.91. The quantitative estimate of drug-likeness (QED) is 0.826. The highest BCUT2D eigenvalue weighted by Crippen LogP contribution is 2.34. The molecule has 0 spiro atoms. The fourth-order valence-electron chi connectivity index (χ4n) is 1.39. The summed E-state index contributed by atoms with van der Waals surface area (Å²) in [6, 6.07) is 4.99. The molecule has 1 aromatic heterocycles. The summed E-state index contributed by atoms with van der Waals surface area (Å²) in [6.07, 6.45) is 0. The van der Waals surface area contributed by atoms with E-state index in [9.17, 15) is 8.78 Å². The van der Waals surface area contributed by atoms with Crippen LogP contribution in [0.3, 0.4) is 0 Å². The van der Waals surface area contributed by atoms with Gasteiger partial charge >= 0.3 is 0 Å². The van der Waals surface area contributed by atoms with Crippen LogP contribution in [0.15, 0.2) is 23.6 Å². The summed E-state index contributed by atoms with van der Waals surface area (Å²) in [5, 5.41) is 10.7. The summed E-state index contributed by atoms with van der Waals surface area (Å²) in [6.45, 7) is 0. The van der Waals surface area contributed by atoms with Crippen LogP contribution >= 0.6 is 11.3 Å². The summed E-state index contributed by atoms with van der Waals surface area (Å²) >= 11 is 1.13. The molecule has 0 atom stereocenters. The van der Waals surface area contributed by atoms with Gasteiger partial charge < -0.3 is 5.73 Å². The van der Waals surface area contributed by atoms with E-state index in [2.05, 4.69) is 0 Å². The number of thiophene rings is 1. The van der Waals surface area contributed by atoms with Gasteiger partial charge in [-0.2, -0.15) is 5.26 Å². The average Bonchev–Trinajstić information content (AvgIpc) is 2.63. The van der Waals surface area contributed by atoms with Crippen molar-refractivity contribution in [3.05, 3.63) is 40.8 Å². The zero-order valence-corrected chi connectivity index (χ0v) is 8.81. The van der Waals surface area contributed by atoms with Crippen LogP contribution < -0.4 is 5.73 Å². The molecule has 0 radical (unpaired) electrons. The largest absolute Gasteiger partial charge is 0.389 e. The van der Waals surface area contributed by atoms with Gasteiger partial charge in [-0.05, 0) is 18.2 Å². The van der Waals surface area contributed by atoms with Crippen molar-refractivity contribution in [3.8, 4) is 17.2 Å². The van der Waals surface area contributed by atoms with Crippen molar-refractivity contribution >= 4 is 16.3 Å². The van der Waals surface area contributed by atoms with Gasteiger partial charge in [-0.3, -0.25) is 0 Å². The Labute approximate surface area is 94.6 Å². The zero-order chi connectivity index (χ0) is 11.7. The van der Waals surface area contributed by atoms with Gasteiger partial charge in [0, 0.05) is 16.5 Å². The third-order valence-corrected chi connectivity index (χ3v) is 2.96. The van der Waals surface area contributed by atoms with E-state index in [0.717, 1.165) is 29.5 Å². The number of hydrogen-bond acceptors (Lipinski definition) is 3. The lowest BCUT2D eigenvalue weighted by molar-refractivity contribution is 0.603. The van der Waals surface area contributed by atoms with Crippen LogP contribution in [0.5, 0.6) is 0 Å². The summed E-state index contributed by atoms with van der Waals surface area (Å²) in [5.74, 6) is -1.12. The van der Waals surface area contributed by atoms with Crippen LogP contribution in [-0.2, 0) is 0 Å². The monoisotopic (exact) mass is 236 g/mol. The number of nitrogens with two attached hydrogens (primary N) is 1. The molecule has 0 unspecified atom stereocenters. The lowest BCUT2D eigenvalue weighted by Gasteiger charge is -2.01. The van der Waals surface area contributed by atoms with Crippen LogP contribution in [0.4, 0.5) is 13.8 Å². The van der Waals surface area contributed by atoms with Crippen molar-refractivity contribution in [1.82, 2.24) is 0 Å². The predicted molar refractivity (Wildman–Crippen MR) is 58.8 cm³/mol. The van der Waals surface area contributed by atoms with Crippen LogP contribution in [0.25, 0.3) is 11.1 Å². The van der Waals surface area contributed by atoms with Crippen LogP contribution in [0, 0.1) is 23.0 Å². The van der Waals surface area contributed by atoms with Gasteiger partial charge in [0.15, 0.2) is 0 Å². The average molecular weight is 236 g/mol. The van der Waals surface area contributed by atoms with Gasteiger partial charge in [0.05, 0.1) is 5.56 Å².